The normalized spacial score (nSPS) is 23.8. The Morgan fingerprint density at radius 2 is 1.89 bits per heavy atom. The van der Waals surface area contributed by atoms with Gasteiger partial charge in [0.1, 0.15) is 0 Å². The quantitative estimate of drug-likeness (QED) is 0.892. The molecule has 0 saturated heterocycles. The minimum atomic E-state index is 0.743. The molecule has 1 aromatic carbocycles. The zero-order chi connectivity index (χ0) is 13.7. The molecule has 3 heteroatoms. The first-order valence-corrected chi connectivity index (χ1v) is 8.11. The maximum absolute atomic E-state index is 3.63. The number of hydrogen-bond acceptors (Lipinski definition) is 2. The second-order valence-corrected chi connectivity index (χ2v) is 6.47. The summed E-state index contributed by atoms with van der Waals surface area (Å²) >= 11 is 3.63. The first-order chi connectivity index (χ1) is 9.20. The molecule has 0 atom stereocenters. The lowest BCUT2D eigenvalue weighted by Gasteiger charge is -2.34. The predicted molar refractivity (Wildman–Crippen MR) is 85.6 cm³/mol. The van der Waals surface area contributed by atoms with Crippen molar-refractivity contribution in [1.29, 1.82) is 0 Å². The number of rotatable bonds is 5. The highest BCUT2D eigenvalue weighted by molar-refractivity contribution is 9.10. The summed E-state index contributed by atoms with van der Waals surface area (Å²) in [4.78, 5) is 2.55. The van der Waals surface area contributed by atoms with E-state index >= 15 is 0 Å². The van der Waals surface area contributed by atoms with Crippen molar-refractivity contribution in [2.75, 3.05) is 20.6 Å². The zero-order valence-electron chi connectivity index (χ0n) is 12.0. The van der Waals surface area contributed by atoms with Gasteiger partial charge < -0.3 is 10.2 Å². The first kappa shape index (κ1) is 15.0. The fourth-order valence-corrected chi connectivity index (χ4v) is 3.47. The van der Waals surface area contributed by atoms with Gasteiger partial charge in [0.25, 0.3) is 0 Å². The van der Waals surface area contributed by atoms with Crippen LogP contribution in [0.2, 0.25) is 0 Å². The number of halogens is 1. The molecule has 1 aliphatic carbocycles. The van der Waals surface area contributed by atoms with Gasteiger partial charge >= 0.3 is 0 Å². The van der Waals surface area contributed by atoms with Gasteiger partial charge in [0.2, 0.25) is 0 Å². The Morgan fingerprint density at radius 3 is 2.53 bits per heavy atom. The van der Waals surface area contributed by atoms with E-state index in [2.05, 4.69) is 64.5 Å². The van der Waals surface area contributed by atoms with Crippen molar-refractivity contribution in [2.24, 2.45) is 0 Å². The van der Waals surface area contributed by atoms with Gasteiger partial charge in [-0.1, -0.05) is 34.1 Å². The molecule has 1 aromatic rings. The van der Waals surface area contributed by atoms with Crippen LogP contribution in [0.1, 0.15) is 31.2 Å². The molecule has 0 aliphatic heterocycles. The van der Waals surface area contributed by atoms with E-state index in [1.54, 1.807) is 0 Å². The molecule has 1 fully saturated rings. The summed E-state index contributed by atoms with van der Waals surface area (Å²) in [6.07, 6.45) is 6.43. The Bertz CT molecular complexity index is 386. The Labute approximate surface area is 125 Å². The Balaban J connectivity index is 1.79. The molecule has 0 amide bonds. The van der Waals surface area contributed by atoms with E-state index in [1.807, 2.05) is 0 Å². The molecule has 19 heavy (non-hydrogen) atoms. The average Bonchev–Trinajstić information content (AvgIpc) is 2.46. The summed E-state index contributed by atoms with van der Waals surface area (Å²) in [7, 11) is 4.36. The van der Waals surface area contributed by atoms with Crippen LogP contribution < -0.4 is 5.32 Å². The second-order valence-electron chi connectivity index (χ2n) is 5.62. The SMILES string of the molecule is CNC1CCC(N(C)CCc2ccccc2Br)CC1. The predicted octanol–water partition coefficient (Wildman–Crippen LogP) is 3.45. The van der Waals surface area contributed by atoms with Crippen LogP contribution >= 0.6 is 15.9 Å². The molecule has 0 radical (unpaired) electrons. The highest BCUT2D eigenvalue weighted by Gasteiger charge is 2.22. The Hall–Kier alpha value is -0.380. The van der Waals surface area contributed by atoms with Crippen LogP contribution in [0.3, 0.4) is 0 Å². The number of hydrogen-bond donors (Lipinski definition) is 1. The fourth-order valence-electron chi connectivity index (χ4n) is 2.99. The van der Waals surface area contributed by atoms with Crippen LogP contribution in [0.25, 0.3) is 0 Å². The minimum Gasteiger partial charge on any atom is -0.317 e. The van der Waals surface area contributed by atoms with Crippen molar-refractivity contribution < 1.29 is 0 Å². The van der Waals surface area contributed by atoms with E-state index in [9.17, 15) is 0 Å². The third-order valence-corrected chi connectivity index (χ3v) is 5.19. The fraction of sp³-hybridized carbons (Fsp3) is 0.625. The van der Waals surface area contributed by atoms with Gasteiger partial charge in [0, 0.05) is 23.1 Å². The van der Waals surface area contributed by atoms with E-state index in [4.69, 9.17) is 0 Å². The maximum Gasteiger partial charge on any atom is 0.0207 e. The maximum atomic E-state index is 3.63. The molecule has 1 aliphatic rings. The minimum absolute atomic E-state index is 0.743. The first-order valence-electron chi connectivity index (χ1n) is 7.31. The molecule has 0 heterocycles. The van der Waals surface area contributed by atoms with E-state index in [1.165, 1.54) is 35.7 Å². The van der Waals surface area contributed by atoms with Crippen molar-refractivity contribution >= 4 is 15.9 Å². The van der Waals surface area contributed by atoms with Gasteiger partial charge in [-0.3, -0.25) is 0 Å². The van der Waals surface area contributed by atoms with Gasteiger partial charge in [-0.15, -0.1) is 0 Å². The Morgan fingerprint density at radius 1 is 1.21 bits per heavy atom. The van der Waals surface area contributed by atoms with Crippen LogP contribution in [0, 0.1) is 0 Å². The summed E-state index contributed by atoms with van der Waals surface area (Å²) in [5, 5.41) is 3.40. The molecule has 0 spiro atoms. The van der Waals surface area contributed by atoms with Crippen LogP contribution in [0.4, 0.5) is 0 Å². The summed E-state index contributed by atoms with van der Waals surface area (Å²) < 4.78 is 1.24. The molecule has 0 unspecified atom stereocenters. The highest BCUT2D eigenvalue weighted by atomic mass is 79.9. The standard InChI is InChI=1S/C16H25BrN2/c1-18-14-7-9-15(10-8-14)19(2)12-11-13-5-3-4-6-16(13)17/h3-6,14-15,18H,7-12H2,1-2H3. The monoisotopic (exact) mass is 324 g/mol. The molecule has 2 rings (SSSR count). The summed E-state index contributed by atoms with van der Waals surface area (Å²) in [6, 6.07) is 10.1. The Kier molecular flexibility index (Phi) is 5.86. The number of likely N-dealkylation sites (N-methyl/N-ethyl adjacent to an activating group) is 1. The van der Waals surface area contributed by atoms with Crippen molar-refractivity contribution in [3.05, 3.63) is 34.3 Å². The largest absolute Gasteiger partial charge is 0.317 e. The van der Waals surface area contributed by atoms with Gasteiger partial charge in [-0.2, -0.15) is 0 Å². The topological polar surface area (TPSA) is 15.3 Å². The summed E-state index contributed by atoms with van der Waals surface area (Å²) in [5.74, 6) is 0. The van der Waals surface area contributed by atoms with Crippen LogP contribution in [-0.2, 0) is 6.42 Å². The lowest BCUT2D eigenvalue weighted by atomic mass is 9.90. The summed E-state index contributed by atoms with van der Waals surface area (Å²) in [5.41, 5.74) is 1.42. The van der Waals surface area contributed by atoms with E-state index in [0.717, 1.165) is 25.0 Å². The number of benzene rings is 1. The van der Waals surface area contributed by atoms with Crippen LogP contribution in [-0.4, -0.2) is 37.6 Å². The lowest BCUT2D eigenvalue weighted by molar-refractivity contribution is 0.178. The van der Waals surface area contributed by atoms with Crippen molar-refractivity contribution in [3.63, 3.8) is 0 Å². The third-order valence-electron chi connectivity index (χ3n) is 4.42. The molecule has 2 nitrogen and oxygen atoms in total. The number of nitrogens with one attached hydrogen (secondary N) is 1. The van der Waals surface area contributed by atoms with Gasteiger partial charge in [0.15, 0.2) is 0 Å². The third kappa shape index (κ3) is 4.30. The lowest BCUT2D eigenvalue weighted by Crippen LogP contribution is -2.40. The smallest absolute Gasteiger partial charge is 0.0207 e. The van der Waals surface area contributed by atoms with E-state index < -0.39 is 0 Å². The molecule has 0 bridgehead atoms. The van der Waals surface area contributed by atoms with E-state index in [0.29, 0.717) is 0 Å². The van der Waals surface area contributed by atoms with Gasteiger partial charge in [-0.25, -0.2) is 0 Å². The number of nitrogens with zero attached hydrogens (tertiary/aromatic N) is 1. The van der Waals surface area contributed by atoms with E-state index in [-0.39, 0.29) is 0 Å². The molecular formula is C16H25BrN2. The van der Waals surface area contributed by atoms with Crippen LogP contribution in [0.15, 0.2) is 28.7 Å². The highest BCUT2D eigenvalue weighted by Crippen LogP contribution is 2.23. The van der Waals surface area contributed by atoms with Gasteiger partial charge in [0.05, 0.1) is 0 Å². The van der Waals surface area contributed by atoms with Crippen molar-refractivity contribution in [2.45, 2.75) is 44.2 Å². The zero-order valence-corrected chi connectivity index (χ0v) is 13.6. The molecule has 106 valence electrons. The van der Waals surface area contributed by atoms with Crippen molar-refractivity contribution in [3.8, 4) is 0 Å². The molecule has 0 aromatic heterocycles. The van der Waals surface area contributed by atoms with Crippen LogP contribution in [0.5, 0.6) is 0 Å². The van der Waals surface area contributed by atoms with Gasteiger partial charge in [-0.05, 0) is 57.8 Å². The summed E-state index contributed by atoms with van der Waals surface area (Å²) in [6.45, 7) is 1.15. The van der Waals surface area contributed by atoms with Crippen molar-refractivity contribution in [1.82, 2.24) is 10.2 Å². The average molecular weight is 325 g/mol. The second kappa shape index (κ2) is 7.41. The molecule has 1 saturated carbocycles. The molecular weight excluding hydrogens is 300 g/mol. The molecule has 1 N–H and O–H groups in total.